The van der Waals surface area contributed by atoms with E-state index in [0.29, 0.717) is 23.3 Å². The standard InChI is InChI=1S/C17H25NO3/c1-11(2)8-13-9-14(12-6-4-5-7-12)16(10-15(13)18)21-17(19)20-3/h9-12H,4-8,18H2,1-3H3. The van der Waals surface area contributed by atoms with Crippen LogP contribution in [0.2, 0.25) is 0 Å². The number of rotatable bonds is 4. The second-order valence-corrected chi connectivity index (χ2v) is 6.22. The zero-order chi connectivity index (χ0) is 15.4. The molecule has 1 fully saturated rings. The van der Waals surface area contributed by atoms with Crippen molar-refractivity contribution in [1.29, 1.82) is 0 Å². The van der Waals surface area contributed by atoms with E-state index in [0.717, 1.165) is 30.4 Å². The minimum absolute atomic E-state index is 0.455. The van der Waals surface area contributed by atoms with Crippen molar-refractivity contribution in [3.63, 3.8) is 0 Å². The topological polar surface area (TPSA) is 61.5 Å². The molecule has 0 atom stereocenters. The largest absolute Gasteiger partial charge is 0.513 e. The van der Waals surface area contributed by atoms with Crippen molar-refractivity contribution in [2.75, 3.05) is 12.8 Å². The molecule has 116 valence electrons. The smallest absolute Gasteiger partial charge is 0.437 e. The van der Waals surface area contributed by atoms with Crippen LogP contribution < -0.4 is 10.5 Å². The van der Waals surface area contributed by atoms with E-state index in [-0.39, 0.29) is 0 Å². The first-order valence-corrected chi connectivity index (χ1v) is 7.69. The summed E-state index contributed by atoms with van der Waals surface area (Å²) in [6.07, 6.45) is 4.98. The van der Waals surface area contributed by atoms with Gasteiger partial charge in [-0.1, -0.05) is 26.7 Å². The van der Waals surface area contributed by atoms with Gasteiger partial charge in [-0.15, -0.1) is 0 Å². The van der Waals surface area contributed by atoms with Gasteiger partial charge in [-0.05, 0) is 48.3 Å². The van der Waals surface area contributed by atoms with Gasteiger partial charge in [0, 0.05) is 11.8 Å². The van der Waals surface area contributed by atoms with E-state index in [1.54, 1.807) is 6.07 Å². The Hall–Kier alpha value is -1.71. The predicted octanol–water partition coefficient (Wildman–Crippen LogP) is 4.27. The van der Waals surface area contributed by atoms with Gasteiger partial charge in [0.25, 0.3) is 0 Å². The van der Waals surface area contributed by atoms with E-state index in [2.05, 4.69) is 24.7 Å². The average molecular weight is 291 g/mol. The van der Waals surface area contributed by atoms with Crippen LogP contribution in [0.15, 0.2) is 12.1 Å². The molecule has 1 aromatic rings. The summed E-state index contributed by atoms with van der Waals surface area (Å²) >= 11 is 0. The van der Waals surface area contributed by atoms with Crippen molar-refractivity contribution in [2.45, 2.75) is 51.9 Å². The maximum Gasteiger partial charge on any atom is 0.513 e. The molecule has 1 aromatic carbocycles. The average Bonchev–Trinajstić information content (AvgIpc) is 2.95. The zero-order valence-corrected chi connectivity index (χ0v) is 13.1. The first-order valence-electron chi connectivity index (χ1n) is 7.69. The highest BCUT2D eigenvalue weighted by atomic mass is 16.7. The van der Waals surface area contributed by atoms with Gasteiger partial charge in [-0.2, -0.15) is 0 Å². The van der Waals surface area contributed by atoms with Crippen LogP contribution >= 0.6 is 0 Å². The molecule has 0 spiro atoms. The summed E-state index contributed by atoms with van der Waals surface area (Å²) < 4.78 is 9.91. The summed E-state index contributed by atoms with van der Waals surface area (Å²) in [5.74, 6) is 1.55. The fourth-order valence-corrected chi connectivity index (χ4v) is 3.05. The SMILES string of the molecule is COC(=O)Oc1cc(N)c(CC(C)C)cc1C1CCCC1. The molecule has 0 amide bonds. The molecule has 1 aliphatic rings. The highest BCUT2D eigenvalue weighted by Crippen LogP contribution is 2.41. The van der Waals surface area contributed by atoms with Crippen LogP contribution in [-0.2, 0) is 11.2 Å². The van der Waals surface area contributed by atoms with Crippen LogP contribution in [0.1, 0.15) is 56.6 Å². The summed E-state index contributed by atoms with van der Waals surface area (Å²) in [6, 6.07) is 3.91. The Morgan fingerprint density at radius 2 is 2.00 bits per heavy atom. The van der Waals surface area contributed by atoms with Gasteiger partial charge in [0.1, 0.15) is 5.75 Å². The van der Waals surface area contributed by atoms with E-state index in [1.165, 1.54) is 20.0 Å². The number of carbonyl (C=O) groups is 1. The Morgan fingerprint density at radius 3 is 2.57 bits per heavy atom. The molecule has 0 heterocycles. The second kappa shape index (κ2) is 6.83. The number of nitrogen functional groups attached to an aromatic ring is 1. The van der Waals surface area contributed by atoms with E-state index in [9.17, 15) is 4.79 Å². The van der Waals surface area contributed by atoms with Gasteiger partial charge in [-0.3, -0.25) is 0 Å². The first kappa shape index (κ1) is 15.7. The van der Waals surface area contributed by atoms with Gasteiger partial charge in [-0.25, -0.2) is 4.79 Å². The highest BCUT2D eigenvalue weighted by Gasteiger charge is 2.23. The predicted molar refractivity (Wildman–Crippen MR) is 83.6 cm³/mol. The van der Waals surface area contributed by atoms with Gasteiger partial charge in [0.15, 0.2) is 0 Å². The van der Waals surface area contributed by atoms with E-state index < -0.39 is 6.16 Å². The quantitative estimate of drug-likeness (QED) is 0.511. The molecule has 1 aliphatic carbocycles. The molecule has 0 aromatic heterocycles. The fraction of sp³-hybridized carbons (Fsp3) is 0.588. The maximum absolute atomic E-state index is 11.4. The third-order valence-electron chi connectivity index (χ3n) is 4.05. The molecule has 0 radical (unpaired) electrons. The Balaban J connectivity index is 2.37. The van der Waals surface area contributed by atoms with Crippen molar-refractivity contribution in [1.82, 2.24) is 0 Å². The normalized spacial score (nSPS) is 15.4. The number of ether oxygens (including phenoxy) is 2. The fourth-order valence-electron chi connectivity index (χ4n) is 3.05. The molecule has 2 rings (SSSR count). The van der Waals surface area contributed by atoms with Crippen molar-refractivity contribution < 1.29 is 14.3 Å². The van der Waals surface area contributed by atoms with Gasteiger partial charge < -0.3 is 15.2 Å². The van der Waals surface area contributed by atoms with E-state index in [4.69, 9.17) is 10.5 Å². The Bertz CT molecular complexity index is 505. The molecule has 4 nitrogen and oxygen atoms in total. The van der Waals surface area contributed by atoms with Crippen molar-refractivity contribution >= 4 is 11.8 Å². The number of methoxy groups -OCH3 is 1. The summed E-state index contributed by atoms with van der Waals surface area (Å²) in [5.41, 5.74) is 9.05. The molecule has 0 bridgehead atoms. The van der Waals surface area contributed by atoms with Crippen LogP contribution in [0.5, 0.6) is 5.75 Å². The Morgan fingerprint density at radius 1 is 1.33 bits per heavy atom. The lowest BCUT2D eigenvalue weighted by Crippen LogP contribution is -2.11. The van der Waals surface area contributed by atoms with Gasteiger partial charge in [0.2, 0.25) is 0 Å². The minimum atomic E-state index is -0.690. The minimum Gasteiger partial charge on any atom is -0.437 e. The molecule has 1 saturated carbocycles. The van der Waals surface area contributed by atoms with Crippen molar-refractivity contribution in [3.8, 4) is 5.75 Å². The van der Waals surface area contributed by atoms with Gasteiger partial charge in [0.05, 0.1) is 7.11 Å². The van der Waals surface area contributed by atoms with E-state index in [1.807, 2.05) is 0 Å². The lowest BCUT2D eigenvalue weighted by molar-refractivity contribution is 0.121. The molecular weight excluding hydrogens is 266 g/mol. The number of hydrogen-bond donors (Lipinski definition) is 1. The molecule has 0 unspecified atom stereocenters. The number of carbonyl (C=O) groups excluding carboxylic acids is 1. The number of hydrogen-bond acceptors (Lipinski definition) is 4. The summed E-state index contributed by atoms with van der Waals surface area (Å²) in [5, 5.41) is 0. The van der Waals surface area contributed by atoms with Crippen molar-refractivity contribution in [2.24, 2.45) is 5.92 Å². The second-order valence-electron chi connectivity index (χ2n) is 6.22. The van der Waals surface area contributed by atoms with E-state index >= 15 is 0 Å². The molecule has 0 aliphatic heterocycles. The number of nitrogens with two attached hydrogens (primary N) is 1. The third-order valence-corrected chi connectivity index (χ3v) is 4.05. The lowest BCUT2D eigenvalue weighted by Gasteiger charge is -2.18. The zero-order valence-electron chi connectivity index (χ0n) is 13.1. The molecule has 0 saturated heterocycles. The number of anilines is 1. The lowest BCUT2D eigenvalue weighted by atomic mass is 9.91. The van der Waals surface area contributed by atoms with Crippen LogP contribution in [0.25, 0.3) is 0 Å². The Labute approximate surface area is 126 Å². The molecule has 2 N–H and O–H groups in total. The van der Waals surface area contributed by atoms with Crippen LogP contribution in [0.4, 0.5) is 10.5 Å². The molecule has 21 heavy (non-hydrogen) atoms. The summed E-state index contributed by atoms with van der Waals surface area (Å²) in [4.78, 5) is 11.4. The Kier molecular flexibility index (Phi) is 5.10. The van der Waals surface area contributed by atoms with Crippen LogP contribution in [0, 0.1) is 5.92 Å². The van der Waals surface area contributed by atoms with Gasteiger partial charge >= 0.3 is 6.16 Å². The van der Waals surface area contributed by atoms with Crippen molar-refractivity contribution in [3.05, 3.63) is 23.3 Å². The maximum atomic E-state index is 11.4. The monoisotopic (exact) mass is 291 g/mol. The number of benzene rings is 1. The van der Waals surface area contributed by atoms with Crippen LogP contribution in [-0.4, -0.2) is 13.3 Å². The molecular formula is C17H25NO3. The third kappa shape index (κ3) is 3.90. The highest BCUT2D eigenvalue weighted by molar-refractivity contribution is 5.67. The molecule has 4 heteroatoms. The summed E-state index contributed by atoms with van der Waals surface area (Å²) in [7, 11) is 1.31. The first-order chi connectivity index (χ1) is 10.0. The van der Waals surface area contributed by atoms with Crippen LogP contribution in [0.3, 0.4) is 0 Å². The summed E-state index contributed by atoms with van der Waals surface area (Å²) in [6.45, 7) is 4.35.